The normalized spacial score (nSPS) is 10.2. The lowest BCUT2D eigenvalue weighted by Crippen LogP contribution is -1.82. The summed E-state index contributed by atoms with van der Waals surface area (Å²) in [4.78, 5) is 8.82. The zero-order valence-corrected chi connectivity index (χ0v) is 9.16. The molecule has 0 aliphatic carbocycles. The minimum atomic E-state index is 0.244. The van der Waals surface area contributed by atoms with Gasteiger partial charge in [-0.15, -0.1) is 0 Å². The lowest BCUT2D eigenvalue weighted by atomic mass is 10.3. The maximum atomic E-state index is 9.12. The number of benzene rings is 1. The third kappa shape index (κ3) is 2.61. The molecule has 1 aromatic carbocycles. The molecule has 0 spiro atoms. The second kappa shape index (κ2) is 4.51. The van der Waals surface area contributed by atoms with Gasteiger partial charge in [-0.3, -0.25) is 0 Å². The highest BCUT2D eigenvalue weighted by molar-refractivity contribution is 7.99. The van der Waals surface area contributed by atoms with Crippen molar-refractivity contribution in [2.45, 2.75) is 9.92 Å². The van der Waals surface area contributed by atoms with E-state index in [1.807, 2.05) is 0 Å². The molecule has 5 heteroatoms. The maximum Gasteiger partial charge on any atom is 0.123 e. The molecule has 0 amide bonds. The summed E-state index contributed by atoms with van der Waals surface area (Å²) in [6.45, 7) is 0. The molecule has 3 nitrogen and oxygen atoms in total. The highest BCUT2D eigenvalue weighted by atomic mass is 35.5. The van der Waals surface area contributed by atoms with Gasteiger partial charge in [0.1, 0.15) is 17.1 Å². The number of aromatic hydroxyl groups is 1. The van der Waals surface area contributed by atoms with Gasteiger partial charge in [0.15, 0.2) is 0 Å². The lowest BCUT2D eigenvalue weighted by Gasteiger charge is -2.01. The van der Waals surface area contributed by atoms with Gasteiger partial charge in [-0.2, -0.15) is 0 Å². The van der Waals surface area contributed by atoms with E-state index in [2.05, 4.69) is 9.97 Å². The highest BCUT2D eigenvalue weighted by Crippen LogP contribution is 2.31. The molecule has 0 aliphatic heterocycles. The quantitative estimate of drug-likeness (QED) is 0.817. The molecule has 0 saturated carbocycles. The standard InChI is InChI=1S/C10H7ClN2OS/c11-9-5-12-6-13-10(9)15-8-3-1-7(14)2-4-8/h1-6,14H. The van der Waals surface area contributed by atoms with Crippen molar-refractivity contribution in [3.8, 4) is 5.75 Å². The molecule has 1 aromatic heterocycles. The molecule has 1 heterocycles. The van der Waals surface area contributed by atoms with Crippen molar-refractivity contribution in [1.82, 2.24) is 9.97 Å². The Morgan fingerprint density at radius 1 is 1.20 bits per heavy atom. The fraction of sp³-hybridized carbons (Fsp3) is 0. The van der Waals surface area contributed by atoms with Crippen molar-refractivity contribution in [2.75, 3.05) is 0 Å². The summed E-state index contributed by atoms with van der Waals surface area (Å²) in [6, 6.07) is 6.85. The van der Waals surface area contributed by atoms with E-state index in [1.165, 1.54) is 18.1 Å². The second-order valence-electron chi connectivity index (χ2n) is 2.77. The second-order valence-corrected chi connectivity index (χ2v) is 4.24. The van der Waals surface area contributed by atoms with Crippen LogP contribution in [0.5, 0.6) is 5.75 Å². The molecule has 0 aliphatic rings. The Labute approximate surface area is 96.1 Å². The fourth-order valence-corrected chi connectivity index (χ4v) is 1.97. The van der Waals surface area contributed by atoms with E-state index in [-0.39, 0.29) is 5.75 Å². The van der Waals surface area contributed by atoms with Crippen LogP contribution in [0.1, 0.15) is 0 Å². The number of hydrogen-bond donors (Lipinski definition) is 1. The van der Waals surface area contributed by atoms with Crippen LogP contribution in [0.3, 0.4) is 0 Å². The van der Waals surface area contributed by atoms with Gasteiger partial charge in [0.05, 0.1) is 11.2 Å². The van der Waals surface area contributed by atoms with E-state index in [9.17, 15) is 0 Å². The molecule has 0 bridgehead atoms. The number of halogens is 1. The predicted octanol–water partition coefficient (Wildman–Crippen LogP) is 2.99. The van der Waals surface area contributed by atoms with Crippen molar-refractivity contribution < 1.29 is 5.11 Å². The van der Waals surface area contributed by atoms with Crippen LogP contribution in [-0.4, -0.2) is 15.1 Å². The molecule has 15 heavy (non-hydrogen) atoms. The van der Waals surface area contributed by atoms with Crippen molar-refractivity contribution in [2.24, 2.45) is 0 Å². The van der Waals surface area contributed by atoms with Crippen LogP contribution in [0.15, 0.2) is 46.7 Å². The van der Waals surface area contributed by atoms with Crippen LogP contribution in [-0.2, 0) is 0 Å². The van der Waals surface area contributed by atoms with Crippen molar-refractivity contribution in [3.63, 3.8) is 0 Å². The van der Waals surface area contributed by atoms with Gasteiger partial charge >= 0.3 is 0 Å². The number of aromatic nitrogens is 2. The van der Waals surface area contributed by atoms with Crippen LogP contribution >= 0.6 is 23.4 Å². The van der Waals surface area contributed by atoms with E-state index in [0.29, 0.717) is 10.0 Å². The van der Waals surface area contributed by atoms with Crippen LogP contribution in [0.4, 0.5) is 0 Å². The van der Waals surface area contributed by atoms with E-state index >= 15 is 0 Å². The van der Waals surface area contributed by atoms with E-state index < -0.39 is 0 Å². The molecular formula is C10H7ClN2OS. The zero-order chi connectivity index (χ0) is 10.7. The number of phenols is 1. The zero-order valence-electron chi connectivity index (χ0n) is 7.59. The summed E-state index contributed by atoms with van der Waals surface area (Å²) in [7, 11) is 0. The van der Waals surface area contributed by atoms with Crippen LogP contribution in [0, 0.1) is 0 Å². The molecule has 2 aromatic rings. The Morgan fingerprint density at radius 3 is 2.60 bits per heavy atom. The summed E-state index contributed by atoms with van der Waals surface area (Å²) in [5, 5.41) is 10.3. The first-order valence-electron chi connectivity index (χ1n) is 4.18. The monoisotopic (exact) mass is 238 g/mol. The summed E-state index contributed by atoms with van der Waals surface area (Å²) in [5.41, 5.74) is 0. The molecule has 0 radical (unpaired) electrons. The van der Waals surface area contributed by atoms with Gasteiger partial charge in [0.2, 0.25) is 0 Å². The topological polar surface area (TPSA) is 46.0 Å². The summed E-state index contributed by atoms with van der Waals surface area (Å²) in [6.07, 6.45) is 3.01. The molecule has 0 saturated heterocycles. The summed E-state index contributed by atoms with van der Waals surface area (Å²) >= 11 is 7.34. The van der Waals surface area contributed by atoms with Gasteiger partial charge in [0.25, 0.3) is 0 Å². The Hall–Kier alpha value is -1.26. The molecule has 0 atom stereocenters. The molecule has 1 N–H and O–H groups in total. The fourth-order valence-electron chi connectivity index (χ4n) is 1.00. The SMILES string of the molecule is Oc1ccc(Sc2ncncc2Cl)cc1. The number of hydrogen-bond acceptors (Lipinski definition) is 4. The molecule has 76 valence electrons. The third-order valence-corrected chi connectivity index (χ3v) is 3.10. The molecule has 0 unspecified atom stereocenters. The van der Waals surface area contributed by atoms with Gasteiger partial charge in [0, 0.05) is 4.90 Å². The van der Waals surface area contributed by atoms with Crippen molar-refractivity contribution >= 4 is 23.4 Å². The molecule has 2 rings (SSSR count). The van der Waals surface area contributed by atoms with Crippen LogP contribution < -0.4 is 0 Å². The minimum absolute atomic E-state index is 0.244. The number of rotatable bonds is 2. The van der Waals surface area contributed by atoms with Gasteiger partial charge in [-0.1, -0.05) is 23.4 Å². The average molecular weight is 239 g/mol. The first kappa shape index (κ1) is 10.3. The average Bonchev–Trinajstić information content (AvgIpc) is 2.25. The third-order valence-electron chi connectivity index (χ3n) is 1.69. The first-order chi connectivity index (χ1) is 7.25. The van der Waals surface area contributed by atoms with E-state index in [4.69, 9.17) is 16.7 Å². The Bertz CT molecular complexity index is 461. The Morgan fingerprint density at radius 2 is 1.93 bits per heavy atom. The van der Waals surface area contributed by atoms with E-state index in [1.54, 1.807) is 30.5 Å². The first-order valence-corrected chi connectivity index (χ1v) is 5.37. The van der Waals surface area contributed by atoms with E-state index in [0.717, 1.165) is 4.90 Å². The largest absolute Gasteiger partial charge is 0.508 e. The van der Waals surface area contributed by atoms with Crippen LogP contribution in [0.2, 0.25) is 5.02 Å². The lowest BCUT2D eigenvalue weighted by molar-refractivity contribution is 0.475. The number of phenolic OH excluding ortho intramolecular Hbond substituents is 1. The molecule has 0 fully saturated rings. The smallest absolute Gasteiger partial charge is 0.123 e. The van der Waals surface area contributed by atoms with Crippen molar-refractivity contribution in [3.05, 3.63) is 41.8 Å². The van der Waals surface area contributed by atoms with Crippen LogP contribution in [0.25, 0.3) is 0 Å². The molecular weight excluding hydrogens is 232 g/mol. The van der Waals surface area contributed by atoms with Gasteiger partial charge < -0.3 is 5.11 Å². The Balaban J connectivity index is 2.22. The summed E-state index contributed by atoms with van der Waals surface area (Å²) < 4.78 is 0. The summed E-state index contributed by atoms with van der Waals surface area (Å²) in [5.74, 6) is 0.244. The van der Waals surface area contributed by atoms with Gasteiger partial charge in [-0.25, -0.2) is 9.97 Å². The Kier molecular flexibility index (Phi) is 3.08. The minimum Gasteiger partial charge on any atom is -0.508 e. The highest BCUT2D eigenvalue weighted by Gasteiger charge is 2.03. The van der Waals surface area contributed by atoms with Gasteiger partial charge in [-0.05, 0) is 24.3 Å². The maximum absolute atomic E-state index is 9.12. The number of nitrogens with zero attached hydrogens (tertiary/aromatic N) is 2. The predicted molar refractivity (Wildman–Crippen MR) is 59.3 cm³/mol. The van der Waals surface area contributed by atoms with Crippen molar-refractivity contribution in [1.29, 1.82) is 0 Å².